The highest BCUT2D eigenvalue weighted by molar-refractivity contribution is 7.10. The number of aromatic hydroxyl groups is 1. The lowest BCUT2D eigenvalue weighted by Crippen LogP contribution is -2.01. The molecular weight excluding hydrogens is 266 g/mol. The van der Waals surface area contributed by atoms with Crippen LogP contribution in [0.25, 0.3) is 0 Å². The predicted octanol–water partition coefficient (Wildman–Crippen LogP) is 2.30. The molecule has 0 radical (unpaired) electrons. The van der Waals surface area contributed by atoms with Gasteiger partial charge in [-0.15, -0.1) is 0 Å². The standard InChI is InChI=1S/C12H11N3O3S/c1-7-10(12(17)18)11(19-15-7)14-13-6-8-4-2-3-5-9(8)16/h2-6,14,16H,1H3,(H,17,18). The van der Waals surface area contributed by atoms with Crippen LogP contribution in [0.5, 0.6) is 5.75 Å². The topological polar surface area (TPSA) is 94.8 Å². The fraction of sp³-hybridized carbons (Fsp3) is 0.0833. The van der Waals surface area contributed by atoms with Crippen LogP contribution in [-0.4, -0.2) is 26.8 Å². The average Bonchev–Trinajstić information content (AvgIpc) is 2.73. The van der Waals surface area contributed by atoms with Crippen molar-refractivity contribution in [3.63, 3.8) is 0 Å². The first kappa shape index (κ1) is 13.0. The van der Waals surface area contributed by atoms with Gasteiger partial charge in [0.2, 0.25) is 0 Å². The number of hydrogen-bond acceptors (Lipinski definition) is 6. The number of nitrogens with one attached hydrogen (secondary N) is 1. The summed E-state index contributed by atoms with van der Waals surface area (Å²) in [5.41, 5.74) is 3.71. The van der Waals surface area contributed by atoms with E-state index in [1.54, 1.807) is 31.2 Å². The van der Waals surface area contributed by atoms with Gasteiger partial charge in [-0.25, -0.2) is 4.79 Å². The van der Waals surface area contributed by atoms with Crippen molar-refractivity contribution in [2.45, 2.75) is 6.92 Å². The number of hydrogen-bond donors (Lipinski definition) is 3. The van der Waals surface area contributed by atoms with Crippen molar-refractivity contribution in [2.24, 2.45) is 5.10 Å². The number of carboxylic acids is 1. The molecule has 2 rings (SSSR count). The largest absolute Gasteiger partial charge is 0.507 e. The summed E-state index contributed by atoms with van der Waals surface area (Å²) in [5.74, 6) is -0.946. The molecule has 0 bridgehead atoms. The maximum atomic E-state index is 11.0. The summed E-state index contributed by atoms with van der Waals surface area (Å²) < 4.78 is 3.96. The Kier molecular flexibility index (Phi) is 3.76. The summed E-state index contributed by atoms with van der Waals surface area (Å²) in [6, 6.07) is 6.70. The van der Waals surface area contributed by atoms with Gasteiger partial charge < -0.3 is 10.2 Å². The molecule has 98 valence electrons. The lowest BCUT2D eigenvalue weighted by molar-refractivity contribution is 0.0697. The molecule has 0 aliphatic carbocycles. The van der Waals surface area contributed by atoms with Gasteiger partial charge in [0, 0.05) is 5.56 Å². The maximum absolute atomic E-state index is 11.0. The van der Waals surface area contributed by atoms with Crippen molar-refractivity contribution in [3.05, 3.63) is 41.1 Å². The van der Waals surface area contributed by atoms with Crippen LogP contribution < -0.4 is 5.43 Å². The van der Waals surface area contributed by atoms with Gasteiger partial charge in [-0.3, -0.25) is 5.43 Å². The highest BCUT2D eigenvalue weighted by Crippen LogP contribution is 2.24. The van der Waals surface area contributed by atoms with Gasteiger partial charge >= 0.3 is 5.97 Å². The third kappa shape index (κ3) is 2.89. The fourth-order valence-corrected chi connectivity index (χ4v) is 2.19. The molecule has 0 spiro atoms. The Hall–Kier alpha value is -2.41. The van der Waals surface area contributed by atoms with Crippen molar-refractivity contribution in [2.75, 3.05) is 5.43 Å². The van der Waals surface area contributed by atoms with Gasteiger partial charge in [-0.2, -0.15) is 9.47 Å². The molecule has 7 heteroatoms. The number of aryl methyl sites for hydroxylation is 1. The van der Waals surface area contributed by atoms with Crippen LogP contribution in [0.4, 0.5) is 5.00 Å². The summed E-state index contributed by atoms with van der Waals surface area (Å²) in [7, 11) is 0. The van der Waals surface area contributed by atoms with E-state index in [2.05, 4.69) is 14.9 Å². The monoisotopic (exact) mass is 277 g/mol. The first-order valence-electron chi connectivity index (χ1n) is 5.36. The van der Waals surface area contributed by atoms with E-state index in [0.717, 1.165) is 11.5 Å². The van der Waals surface area contributed by atoms with Crippen LogP contribution >= 0.6 is 11.5 Å². The van der Waals surface area contributed by atoms with Gasteiger partial charge in [-0.1, -0.05) is 12.1 Å². The van der Waals surface area contributed by atoms with Gasteiger partial charge in [0.25, 0.3) is 0 Å². The number of phenolic OH excluding ortho intramolecular Hbond substituents is 1. The Bertz CT molecular complexity index is 637. The number of para-hydroxylation sites is 1. The van der Waals surface area contributed by atoms with E-state index >= 15 is 0 Å². The molecule has 0 atom stereocenters. The van der Waals surface area contributed by atoms with E-state index in [4.69, 9.17) is 5.11 Å². The Labute approximate surface area is 113 Å². The number of phenols is 1. The van der Waals surface area contributed by atoms with Crippen molar-refractivity contribution >= 4 is 28.7 Å². The van der Waals surface area contributed by atoms with E-state index in [9.17, 15) is 9.90 Å². The molecule has 19 heavy (non-hydrogen) atoms. The smallest absolute Gasteiger partial charge is 0.340 e. The number of carboxylic acid groups (broad SMARTS) is 1. The van der Waals surface area contributed by atoms with E-state index in [-0.39, 0.29) is 11.3 Å². The van der Waals surface area contributed by atoms with E-state index < -0.39 is 5.97 Å². The van der Waals surface area contributed by atoms with E-state index in [0.29, 0.717) is 16.3 Å². The third-order valence-electron chi connectivity index (χ3n) is 2.38. The second kappa shape index (κ2) is 5.49. The molecule has 0 saturated heterocycles. The number of hydrazone groups is 1. The molecule has 0 saturated carbocycles. The fourth-order valence-electron chi connectivity index (χ4n) is 1.46. The number of rotatable bonds is 4. The van der Waals surface area contributed by atoms with Crippen molar-refractivity contribution in [1.29, 1.82) is 0 Å². The molecule has 1 aromatic carbocycles. The SMILES string of the molecule is Cc1nsc(NN=Cc2ccccc2O)c1C(=O)O. The van der Waals surface area contributed by atoms with Gasteiger partial charge in [0.1, 0.15) is 16.3 Å². The van der Waals surface area contributed by atoms with Crippen LogP contribution in [0.1, 0.15) is 21.6 Å². The molecular formula is C12H11N3O3S. The third-order valence-corrected chi connectivity index (χ3v) is 3.23. The Morgan fingerprint density at radius 2 is 2.21 bits per heavy atom. The first-order chi connectivity index (χ1) is 9.09. The Morgan fingerprint density at radius 1 is 1.47 bits per heavy atom. The quantitative estimate of drug-likeness (QED) is 0.588. The molecule has 0 aliphatic rings. The van der Waals surface area contributed by atoms with Gasteiger partial charge in [0.05, 0.1) is 11.9 Å². The van der Waals surface area contributed by atoms with E-state index in [1.807, 2.05) is 0 Å². The average molecular weight is 277 g/mol. The molecule has 3 N–H and O–H groups in total. The van der Waals surface area contributed by atoms with Crippen LogP contribution in [0.3, 0.4) is 0 Å². The predicted molar refractivity (Wildman–Crippen MR) is 73.1 cm³/mol. The highest BCUT2D eigenvalue weighted by atomic mass is 32.1. The second-order valence-electron chi connectivity index (χ2n) is 3.71. The number of carbonyl (C=O) groups is 1. The summed E-state index contributed by atoms with van der Waals surface area (Å²) >= 11 is 1.03. The first-order valence-corrected chi connectivity index (χ1v) is 6.13. The van der Waals surface area contributed by atoms with Crippen molar-refractivity contribution in [1.82, 2.24) is 4.37 Å². The van der Waals surface area contributed by atoms with E-state index in [1.165, 1.54) is 6.21 Å². The lowest BCUT2D eigenvalue weighted by atomic mass is 10.2. The van der Waals surface area contributed by atoms with Crippen LogP contribution in [0.2, 0.25) is 0 Å². The van der Waals surface area contributed by atoms with Crippen LogP contribution in [0.15, 0.2) is 29.4 Å². The van der Waals surface area contributed by atoms with Crippen LogP contribution in [0, 0.1) is 6.92 Å². The number of benzene rings is 1. The maximum Gasteiger partial charge on any atom is 0.340 e. The lowest BCUT2D eigenvalue weighted by Gasteiger charge is -1.99. The number of aromatic carboxylic acids is 1. The molecule has 6 nitrogen and oxygen atoms in total. The zero-order valence-electron chi connectivity index (χ0n) is 9.99. The molecule has 0 fully saturated rings. The molecule has 0 unspecified atom stereocenters. The highest BCUT2D eigenvalue weighted by Gasteiger charge is 2.16. The number of aromatic nitrogens is 1. The van der Waals surface area contributed by atoms with Gasteiger partial charge in [0.15, 0.2) is 0 Å². The summed E-state index contributed by atoms with van der Waals surface area (Å²) in [6.45, 7) is 1.62. The van der Waals surface area contributed by atoms with Gasteiger partial charge in [-0.05, 0) is 30.6 Å². The molecule has 0 amide bonds. The Balaban J connectivity index is 2.16. The number of nitrogens with zero attached hydrogens (tertiary/aromatic N) is 2. The zero-order chi connectivity index (χ0) is 13.8. The molecule has 2 aromatic rings. The minimum Gasteiger partial charge on any atom is -0.507 e. The van der Waals surface area contributed by atoms with Crippen molar-refractivity contribution < 1.29 is 15.0 Å². The molecule has 1 heterocycles. The minimum absolute atomic E-state index is 0.104. The number of anilines is 1. The minimum atomic E-state index is -1.05. The summed E-state index contributed by atoms with van der Waals surface area (Å²) in [5, 5.41) is 22.8. The molecule has 0 aliphatic heterocycles. The Morgan fingerprint density at radius 3 is 2.89 bits per heavy atom. The molecule has 1 aromatic heterocycles. The van der Waals surface area contributed by atoms with Crippen LogP contribution in [-0.2, 0) is 0 Å². The summed E-state index contributed by atoms with van der Waals surface area (Å²) in [6.07, 6.45) is 1.41. The van der Waals surface area contributed by atoms with Crippen molar-refractivity contribution in [3.8, 4) is 5.75 Å². The zero-order valence-corrected chi connectivity index (χ0v) is 10.8. The second-order valence-corrected chi connectivity index (χ2v) is 4.48. The normalized spacial score (nSPS) is 10.8. The summed E-state index contributed by atoms with van der Waals surface area (Å²) in [4.78, 5) is 11.0.